The van der Waals surface area contributed by atoms with Crippen LogP contribution >= 0.6 is 0 Å². The number of benzene rings is 1. The van der Waals surface area contributed by atoms with Crippen LogP contribution in [-0.4, -0.2) is 11.0 Å². The SMILES string of the molecule is c1ccc([C@@H]2C[C@H]2NCc2cccnc2)cc1. The van der Waals surface area contributed by atoms with Gasteiger partial charge in [0.25, 0.3) is 0 Å². The summed E-state index contributed by atoms with van der Waals surface area (Å²) in [5.41, 5.74) is 2.71. The van der Waals surface area contributed by atoms with Gasteiger partial charge in [-0.2, -0.15) is 0 Å². The lowest BCUT2D eigenvalue weighted by Gasteiger charge is -2.04. The Morgan fingerprint density at radius 1 is 1.12 bits per heavy atom. The second kappa shape index (κ2) is 4.68. The Morgan fingerprint density at radius 3 is 2.76 bits per heavy atom. The van der Waals surface area contributed by atoms with Crippen LogP contribution < -0.4 is 5.32 Å². The van der Waals surface area contributed by atoms with E-state index in [1.54, 1.807) is 0 Å². The zero-order valence-electron chi connectivity index (χ0n) is 9.71. The van der Waals surface area contributed by atoms with E-state index < -0.39 is 0 Å². The molecule has 1 aliphatic carbocycles. The van der Waals surface area contributed by atoms with Gasteiger partial charge in [-0.1, -0.05) is 36.4 Å². The van der Waals surface area contributed by atoms with Crippen molar-refractivity contribution in [3.05, 3.63) is 66.0 Å². The van der Waals surface area contributed by atoms with Crippen LogP contribution in [0.1, 0.15) is 23.5 Å². The molecule has 3 rings (SSSR count). The molecule has 1 fully saturated rings. The first kappa shape index (κ1) is 10.5. The molecule has 0 aliphatic heterocycles. The van der Waals surface area contributed by atoms with Crippen molar-refractivity contribution in [3.63, 3.8) is 0 Å². The highest BCUT2D eigenvalue weighted by Gasteiger charge is 2.37. The number of aromatic nitrogens is 1. The Hall–Kier alpha value is -1.67. The molecule has 1 N–H and O–H groups in total. The van der Waals surface area contributed by atoms with Crippen LogP contribution in [0.4, 0.5) is 0 Å². The van der Waals surface area contributed by atoms with Gasteiger partial charge in [0.2, 0.25) is 0 Å². The van der Waals surface area contributed by atoms with E-state index in [1.807, 2.05) is 18.5 Å². The van der Waals surface area contributed by atoms with Gasteiger partial charge in [-0.05, 0) is 23.6 Å². The molecule has 1 aromatic carbocycles. The average Bonchev–Trinajstić information content (AvgIpc) is 3.18. The van der Waals surface area contributed by atoms with E-state index in [2.05, 4.69) is 46.7 Å². The molecule has 1 aromatic heterocycles. The number of rotatable bonds is 4. The van der Waals surface area contributed by atoms with Gasteiger partial charge < -0.3 is 5.32 Å². The molecular formula is C15H16N2. The first-order valence-electron chi connectivity index (χ1n) is 6.11. The zero-order valence-corrected chi connectivity index (χ0v) is 9.71. The van der Waals surface area contributed by atoms with Gasteiger partial charge in [0.15, 0.2) is 0 Å². The monoisotopic (exact) mass is 224 g/mol. The van der Waals surface area contributed by atoms with E-state index in [4.69, 9.17) is 0 Å². The molecule has 2 heteroatoms. The second-order valence-electron chi connectivity index (χ2n) is 4.60. The fourth-order valence-electron chi connectivity index (χ4n) is 2.24. The summed E-state index contributed by atoms with van der Waals surface area (Å²) in [6.45, 7) is 0.918. The summed E-state index contributed by atoms with van der Waals surface area (Å²) in [5.74, 6) is 0.702. The minimum atomic E-state index is 0.637. The summed E-state index contributed by atoms with van der Waals surface area (Å²) in [6.07, 6.45) is 4.99. The lowest BCUT2D eigenvalue weighted by molar-refractivity contribution is 0.671. The third-order valence-electron chi connectivity index (χ3n) is 3.31. The fraction of sp³-hybridized carbons (Fsp3) is 0.267. The van der Waals surface area contributed by atoms with Gasteiger partial charge >= 0.3 is 0 Å². The molecule has 17 heavy (non-hydrogen) atoms. The molecule has 2 aromatic rings. The molecule has 0 spiro atoms. The highest BCUT2D eigenvalue weighted by Crippen LogP contribution is 2.40. The maximum absolute atomic E-state index is 4.12. The van der Waals surface area contributed by atoms with Crippen LogP contribution in [-0.2, 0) is 6.54 Å². The van der Waals surface area contributed by atoms with Crippen LogP contribution in [0.25, 0.3) is 0 Å². The van der Waals surface area contributed by atoms with Crippen molar-refractivity contribution in [1.82, 2.24) is 10.3 Å². The third kappa shape index (κ3) is 2.53. The molecule has 1 saturated carbocycles. The molecule has 1 heterocycles. The maximum Gasteiger partial charge on any atom is 0.0312 e. The number of nitrogens with zero attached hydrogens (tertiary/aromatic N) is 1. The molecular weight excluding hydrogens is 208 g/mol. The van der Waals surface area contributed by atoms with Crippen LogP contribution in [0.2, 0.25) is 0 Å². The van der Waals surface area contributed by atoms with E-state index >= 15 is 0 Å². The van der Waals surface area contributed by atoms with Gasteiger partial charge in [0, 0.05) is 30.9 Å². The predicted molar refractivity (Wildman–Crippen MR) is 68.7 cm³/mol. The predicted octanol–water partition coefficient (Wildman–Crippen LogP) is 2.73. The summed E-state index contributed by atoms with van der Waals surface area (Å²) < 4.78 is 0. The van der Waals surface area contributed by atoms with Gasteiger partial charge in [-0.15, -0.1) is 0 Å². The van der Waals surface area contributed by atoms with E-state index in [0.717, 1.165) is 6.54 Å². The van der Waals surface area contributed by atoms with Crippen LogP contribution in [0.5, 0.6) is 0 Å². The molecule has 0 amide bonds. The minimum Gasteiger partial charge on any atom is -0.309 e. The first-order valence-corrected chi connectivity index (χ1v) is 6.11. The van der Waals surface area contributed by atoms with Crippen LogP contribution in [0.3, 0.4) is 0 Å². The van der Waals surface area contributed by atoms with Crippen LogP contribution in [0, 0.1) is 0 Å². The normalized spacial score (nSPS) is 22.4. The molecule has 0 bridgehead atoms. The van der Waals surface area contributed by atoms with Crippen molar-refractivity contribution in [2.24, 2.45) is 0 Å². The quantitative estimate of drug-likeness (QED) is 0.863. The Labute approximate surface area is 102 Å². The summed E-state index contributed by atoms with van der Waals surface area (Å²) in [7, 11) is 0. The number of nitrogens with one attached hydrogen (secondary N) is 1. The summed E-state index contributed by atoms with van der Waals surface area (Å²) in [4.78, 5) is 4.12. The largest absolute Gasteiger partial charge is 0.309 e. The average molecular weight is 224 g/mol. The summed E-state index contributed by atoms with van der Waals surface area (Å²) in [5, 5.41) is 3.58. The molecule has 0 unspecified atom stereocenters. The lowest BCUT2D eigenvalue weighted by Crippen LogP contribution is -2.17. The van der Waals surface area contributed by atoms with Gasteiger partial charge in [0.05, 0.1) is 0 Å². The zero-order chi connectivity index (χ0) is 11.5. The smallest absolute Gasteiger partial charge is 0.0312 e. The number of pyridine rings is 1. The Kier molecular flexibility index (Phi) is 2.88. The molecule has 0 saturated heterocycles. The fourth-order valence-corrected chi connectivity index (χ4v) is 2.24. The van der Waals surface area contributed by atoms with Crippen molar-refractivity contribution >= 4 is 0 Å². The van der Waals surface area contributed by atoms with E-state index in [0.29, 0.717) is 12.0 Å². The standard InChI is InChI=1S/C15H16N2/c1-2-6-13(7-3-1)14-9-15(14)17-11-12-5-4-8-16-10-12/h1-8,10,14-15,17H,9,11H2/t14-,15+/m0/s1. The second-order valence-corrected chi connectivity index (χ2v) is 4.60. The Bertz CT molecular complexity index is 467. The molecule has 2 nitrogen and oxygen atoms in total. The van der Waals surface area contributed by atoms with Crippen LogP contribution in [0.15, 0.2) is 54.9 Å². The van der Waals surface area contributed by atoms with E-state index in [9.17, 15) is 0 Å². The first-order chi connectivity index (χ1) is 8.43. The van der Waals surface area contributed by atoms with Crippen molar-refractivity contribution in [2.75, 3.05) is 0 Å². The molecule has 2 atom stereocenters. The van der Waals surface area contributed by atoms with Gasteiger partial charge in [-0.3, -0.25) is 4.98 Å². The highest BCUT2D eigenvalue weighted by molar-refractivity contribution is 5.27. The number of hydrogen-bond donors (Lipinski definition) is 1. The molecule has 1 aliphatic rings. The van der Waals surface area contributed by atoms with Crippen molar-refractivity contribution in [3.8, 4) is 0 Å². The lowest BCUT2D eigenvalue weighted by atomic mass is 10.1. The van der Waals surface area contributed by atoms with Gasteiger partial charge in [-0.25, -0.2) is 0 Å². The third-order valence-corrected chi connectivity index (χ3v) is 3.31. The summed E-state index contributed by atoms with van der Waals surface area (Å²) in [6, 6.07) is 15.5. The van der Waals surface area contributed by atoms with Gasteiger partial charge in [0.1, 0.15) is 0 Å². The topological polar surface area (TPSA) is 24.9 Å². The van der Waals surface area contributed by atoms with Crippen molar-refractivity contribution in [1.29, 1.82) is 0 Å². The Balaban J connectivity index is 1.53. The minimum absolute atomic E-state index is 0.637. The highest BCUT2D eigenvalue weighted by atomic mass is 15.0. The Morgan fingerprint density at radius 2 is 2.00 bits per heavy atom. The molecule has 0 radical (unpaired) electrons. The van der Waals surface area contributed by atoms with E-state index in [-0.39, 0.29) is 0 Å². The summed E-state index contributed by atoms with van der Waals surface area (Å²) >= 11 is 0. The van der Waals surface area contributed by atoms with Crippen molar-refractivity contribution in [2.45, 2.75) is 24.9 Å². The molecule has 86 valence electrons. The number of hydrogen-bond acceptors (Lipinski definition) is 2. The van der Waals surface area contributed by atoms with E-state index in [1.165, 1.54) is 17.5 Å². The van der Waals surface area contributed by atoms with Crippen molar-refractivity contribution < 1.29 is 0 Å². The maximum atomic E-state index is 4.12.